The second-order valence-electron chi connectivity index (χ2n) is 4.88. The van der Waals surface area contributed by atoms with Crippen LogP contribution in [0, 0.1) is 17.6 Å². The molecule has 0 saturated carbocycles. The smallest absolute Gasteiger partial charge is 0.162 e. The Balaban J connectivity index is 2.16. The lowest BCUT2D eigenvalue weighted by Crippen LogP contribution is -2.28. The number of halogens is 2. The standard InChI is InChI=1S/C15H17F2NS/c1-2-4-10-7-8-11(9-18-15(10)19)12-5-3-6-13(16)14(12)17/h2-3,5-6,10-11H,1,4,7-9H2,(H,18,19). The predicted molar refractivity (Wildman–Crippen MR) is 77.2 cm³/mol. The Morgan fingerprint density at radius 3 is 2.89 bits per heavy atom. The number of hydrogen-bond donors (Lipinski definition) is 1. The Morgan fingerprint density at radius 1 is 1.37 bits per heavy atom. The highest BCUT2D eigenvalue weighted by molar-refractivity contribution is 7.80. The summed E-state index contributed by atoms with van der Waals surface area (Å²) in [5.41, 5.74) is 0.439. The molecule has 0 bridgehead atoms. The van der Waals surface area contributed by atoms with Crippen LogP contribution in [0.25, 0.3) is 0 Å². The first-order valence-electron chi connectivity index (χ1n) is 6.46. The van der Waals surface area contributed by atoms with Gasteiger partial charge in [0.2, 0.25) is 0 Å². The van der Waals surface area contributed by atoms with E-state index in [9.17, 15) is 8.78 Å². The van der Waals surface area contributed by atoms with E-state index in [1.54, 1.807) is 12.1 Å². The molecule has 2 atom stereocenters. The SMILES string of the molecule is C=CCC1CCC(c2cccc(F)c2F)CNC1=S. The Kier molecular flexibility index (Phi) is 4.64. The maximum absolute atomic E-state index is 13.8. The van der Waals surface area contributed by atoms with Gasteiger partial charge in [-0.3, -0.25) is 0 Å². The molecule has 0 aliphatic carbocycles. The molecule has 1 heterocycles. The summed E-state index contributed by atoms with van der Waals surface area (Å²) in [5, 5.41) is 3.17. The Morgan fingerprint density at radius 2 is 2.16 bits per heavy atom. The van der Waals surface area contributed by atoms with Crippen LogP contribution < -0.4 is 5.32 Å². The molecule has 1 nitrogen and oxygen atoms in total. The van der Waals surface area contributed by atoms with E-state index in [0.717, 1.165) is 30.3 Å². The van der Waals surface area contributed by atoms with Crippen molar-refractivity contribution in [3.63, 3.8) is 0 Å². The van der Waals surface area contributed by atoms with E-state index in [4.69, 9.17) is 12.2 Å². The molecule has 1 aromatic carbocycles. The fourth-order valence-corrected chi connectivity index (χ4v) is 2.83. The molecule has 0 radical (unpaired) electrons. The van der Waals surface area contributed by atoms with Crippen LogP contribution in [0.4, 0.5) is 8.78 Å². The normalized spacial score (nSPS) is 23.6. The van der Waals surface area contributed by atoms with Crippen molar-refractivity contribution in [3.05, 3.63) is 48.1 Å². The Labute approximate surface area is 117 Å². The van der Waals surface area contributed by atoms with Gasteiger partial charge in [-0.15, -0.1) is 6.58 Å². The van der Waals surface area contributed by atoms with Crippen LogP contribution in [-0.4, -0.2) is 11.5 Å². The van der Waals surface area contributed by atoms with E-state index in [0.29, 0.717) is 12.1 Å². The molecule has 1 fully saturated rings. The van der Waals surface area contributed by atoms with Crippen molar-refractivity contribution in [1.82, 2.24) is 5.32 Å². The van der Waals surface area contributed by atoms with Gasteiger partial charge in [-0.05, 0) is 30.9 Å². The minimum Gasteiger partial charge on any atom is -0.379 e. The van der Waals surface area contributed by atoms with Crippen LogP contribution in [0.5, 0.6) is 0 Å². The maximum Gasteiger partial charge on any atom is 0.162 e. The Bertz CT molecular complexity index is 487. The van der Waals surface area contributed by atoms with Crippen molar-refractivity contribution in [2.45, 2.75) is 25.2 Å². The van der Waals surface area contributed by atoms with Crippen molar-refractivity contribution in [2.75, 3.05) is 6.54 Å². The highest BCUT2D eigenvalue weighted by atomic mass is 32.1. The van der Waals surface area contributed by atoms with Crippen molar-refractivity contribution >= 4 is 17.2 Å². The quantitative estimate of drug-likeness (QED) is 0.665. The first-order chi connectivity index (χ1) is 9.13. The van der Waals surface area contributed by atoms with E-state index in [1.807, 2.05) is 6.08 Å². The largest absolute Gasteiger partial charge is 0.379 e. The summed E-state index contributed by atoms with van der Waals surface area (Å²) in [6, 6.07) is 4.36. The Hall–Kier alpha value is -1.29. The van der Waals surface area contributed by atoms with Crippen LogP contribution in [0.15, 0.2) is 30.9 Å². The molecule has 1 N–H and O–H groups in total. The summed E-state index contributed by atoms with van der Waals surface area (Å²) >= 11 is 5.31. The van der Waals surface area contributed by atoms with Crippen molar-refractivity contribution in [3.8, 4) is 0 Å². The van der Waals surface area contributed by atoms with Gasteiger partial charge < -0.3 is 5.32 Å². The van der Waals surface area contributed by atoms with E-state index in [-0.39, 0.29) is 11.8 Å². The van der Waals surface area contributed by atoms with Gasteiger partial charge in [0.25, 0.3) is 0 Å². The molecule has 0 aromatic heterocycles. The average Bonchev–Trinajstić information content (AvgIpc) is 2.57. The second kappa shape index (κ2) is 6.24. The van der Waals surface area contributed by atoms with Gasteiger partial charge in [0.05, 0.1) is 4.99 Å². The van der Waals surface area contributed by atoms with Gasteiger partial charge in [0, 0.05) is 18.4 Å². The van der Waals surface area contributed by atoms with Crippen LogP contribution in [0.3, 0.4) is 0 Å². The second-order valence-corrected chi connectivity index (χ2v) is 5.32. The predicted octanol–water partition coefficient (Wildman–Crippen LogP) is 3.95. The molecule has 2 unspecified atom stereocenters. The number of benzene rings is 1. The highest BCUT2D eigenvalue weighted by Gasteiger charge is 2.25. The summed E-state index contributed by atoms with van der Waals surface area (Å²) in [4.78, 5) is 0.805. The molecule has 19 heavy (non-hydrogen) atoms. The van der Waals surface area contributed by atoms with Gasteiger partial charge >= 0.3 is 0 Å². The van der Waals surface area contributed by atoms with Crippen molar-refractivity contribution in [2.24, 2.45) is 5.92 Å². The number of rotatable bonds is 3. The van der Waals surface area contributed by atoms with Gasteiger partial charge in [-0.1, -0.05) is 30.4 Å². The summed E-state index contributed by atoms with van der Waals surface area (Å²) in [5.74, 6) is -1.30. The van der Waals surface area contributed by atoms with Gasteiger partial charge in [0.1, 0.15) is 0 Å². The van der Waals surface area contributed by atoms with Crippen LogP contribution >= 0.6 is 12.2 Å². The molecule has 4 heteroatoms. The van der Waals surface area contributed by atoms with Gasteiger partial charge in [-0.25, -0.2) is 8.78 Å². The number of nitrogens with one attached hydrogen (secondary N) is 1. The number of thiocarbonyl (C=S) groups is 1. The molecular formula is C15H17F2NS. The van der Waals surface area contributed by atoms with Crippen molar-refractivity contribution in [1.29, 1.82) is 0 Å². The van der Waals surface area contributed by atoms with Crippen LogP contribution in [0.2, 0.25) is 0 Å². The third kappa shape index (κ3) is 3.18. The monoisotopic (exact) mass is 281 g/mol. The molecule has 1 aliphatic rings. The number of hydrogen-bond acceptors (Lipinski definition) is 1. The lowest BCUT2D eigenvalue weighted by molar-refractivity contribution is 0.475. The number of allylic oxidation sites excluding steroid dienone is 1. The maximum atomic E-state index is 13.8. The van der Waals surface area contributed by atoms with Gasteiger partial charge in [0.15, 0.2) is 11.6 Å². The topological polar surface area (TPSA) is 12.0 Å². The van der Waals surface area contributed by atoms with E-state index < -0.39 is 11.6 Å². The van der Waals surface area contributed by atoms with Gasteiger partial charge in [-0.2, -0.15) is 0 Å². The van der Waals surface area contributed by atoms with Crippen molar-refractivity contribution < 1.29 is 8.78 Å². The zero-order chi connectivity index (χ0) is 13.8. The molecular weight excluding hydrogens is 264 g/mol. The summed E-state index contributed by atoms with van der Waals surface area (Å²) in [7, 11) is 0. The summed E-state index contributed by atoms with van der Waals surface area (Å²) in [6.45, 7) is 4.29. The lowest BCUT2D eigenvalue weighted by atomic mass is 9.91. The van der Waals surface area contributed by atoms with E-state index in [1.165, 1.54) is 0 Å². The zero-order valence-electron chi connectivity index (χ0n) is 10.7. The lowest BCUT2D eigenvalue weighted by Gasteiger charge is -2.15. The molecule has 2 rings (SSSR count). The molecule has 0 spiro atoms. The fourth-order valence-electron chi connectivity index (χ4n) is 2.53. The first kappa shape index (κ1) is 14.1. The van der Waals surface area contributed by atoms with Crippen LogP contribution in [0.1, 0.15) is 30.7 Å². The summed E-state index contributed by atoms with van der Waals surface area (Å²) < 4.78 is 27.1. The molecule has 102 valence electrons. The minimum atomic E-state index is -0.785. The molecule has 1 aromatic rings. The molecule has 1 saturated heterocycles. The third-order valence-corrected chi connectivity index (χ3v) is 4.11. The third-order valence-electron chi connectivity index (χ3n) is 3.63. The van der Waals surface area contributed by atoms with E-state index in [2.05, 4.69) is 11.9 Å². The first-order valence-corrected chi connectivity index (χ1v) is 6.86. The fraction of sp³-hybridized carbons (Fsp3) is 0.400. The zero-order valence-corrected chi connectivity index (χ0v) is 11.5. The van der Waals surface area contributed by atoms with E-state index >= 15 is 0 Å². The average molecular weight is 281 g/mol. The molecule has 0 amide bonds. The minimum absolute atomic E-state index is 0.0385. The van der Waals surface area contributed by atoms with Crippen LogP contribution in [-0.2, 0) is 0 Å². The summed E-state index contributed by atoms with van der Waals surface area (Å²) in [6.07, 6.45) is 4.34. The highest BCUT2D eigenvalue weighted by Crippen LogP contribution is 2.30. The molecule has 1 aliphatic heterocycles.